The Bertz CT molecular complexity index is 1060. The smallest absolute Gasteiger partial charge is 0.387 e. The molecule has 2 aromatic heterocycles. The van der Waals surface area contributed by atoms with Crippen LogP contribution in [0.2, 0.25) is 0 Å². The Morgan fingerprint density at radius 1 is 1.41 bits per heavy atom. The number of nitrogens with one attached hydrogen (secondary N) is 1. The molecule has 3 rings (SSSR count). The normalized spacial score (nSPS) is 10.9. The monoisotopic (exact) mass is 407 g/mol. The molecule has 3 aromatic rings. The fourth-order valence-corrected chi connectivity index (χ4v) is 2.57. The highest BCUT2D eigenvalue weighted by molar-refractivity contribution is 6.04. The number of carbonyl (C=O) groups is 1. The van der Waals surface area contributed by atoms with Crippen LogP contribution in [0.25, 0.3) is 0 Å². The number of hydrogen-bond acceptors (Lipinski definition) is 7. The quantitative estimate of drug-likeness (QED) is 0.470. The molecular weight excluding hydrogens is 392 g/mol. The van der Waals surface area contributed by atoms with Crippen molar-refractivity contribution in [2.75, 3.05) is 5.32 Å². The van der Waals surface area contributed by atoms with Gasteiger partial charge in [-0.25, -0.2) is 0 Å². The SMILES string of the molecule is Cc1ccc(OC(F)F)c(NC(=O)c2noc(C)c2Cn2cc([N+](=O)[O-])cn2)c1. The van der Waals surface area contributed by atoms with Gasteiger partial charge < -0.3 is 14.6 Å². The van der Waals surface area contributed by atoms with Crippen molar-refractivity contribution in [3.63, 3.8) is 0 Å². The number of aromatic nitrogens is 3. The first-order chi connectivity index (χ1) is 13.7. The van der Waals surface area contributed by atoms with Crippen LogP contribution >= 0.6 is 0 Å². The van der Waals surface area contributed by atoms with Gasteiger partial charge in [-0.15, -0.1) is 0 Å². The number of nitro groups is 1. The number of rotatable bonds is 7. The average molecular weight is 407 g/mol. The van der Waals surface area contributed by atoms with E-state index in [1.54, 1.807) is 19.9 Å². The topological polar surface area (TPSA) is 125 Å². The summed E-state index contributed by atoms with van der Waals surface area (Å²) in [5.74, 6) is -0.617. The van der Waals surface area contributed by atoms with Crippen LogP contribution in [0.4, 0.5) is 20.2 Å². The number of aryl methyl sites for hydroxylation is 2. The number of ether oxygens (including phenoxy) is 1. The minimum atomic E-state index is -3.06. The molecule has 10 nitrogen and oxygen atoms in total. The lowest BCUT2D eigenvalue weighted by Gasteiger charge is -2.12. The zero-order valence-electron chi connectivity index (χ0n) is 15.3. The minimum absolute atomic E-state index is 0.0138. The highest BCUT2D eigenvalue weighted by Gasteiger charge is 2.23. The van der Waals surface area contributed by atoms with Gasteiger partial charge in [0.2, 0.25) is 0 Å². The highest BCUT2D eigenvalue weighted by Crippen LogP contribution is 2.28. The minimum Gasteiger partial charge on any atom is -0.433 e. The zero-order valence-corrected chi connectivity index (χ0v) is 15.3. The molecule has 1 N–H and O–H groups in total. The summed E-state index contributed by atoms with van der Waals surface area (Å²) < 4.78 is 36.0. The van der Waals surface area contributed by atoms with E-state index >= 15 is 0 Å². The number of carbonyl (C=O) groups excluding carboxylic acids is 1. The van der Waals surface area contributed by atoms with Crippen LogP contribution in [0.15, 0.2) is 35.1 Å². The fourth-order valence-electron chi connectivity index (χ4n) is 2.57. The third-order valence-corrected chi connectivity index (χ3v) is 3.95. The number of alkyl halides is 2. The summed E-state index contributed by atoms with van der Waals surface area (Å²) >= 11 is 0. The zero-order chi connectivity index (χ0) is 21.1. The van der Waals surface area contributed by atoms with Gasteiger partial charge in [-0.1, -0.05) is 11.2 Å². The first kappa shape index (κ1) is 19.9. The van der Waals surface area contributed by atoms with Gasteiger partial charge in [-0.2, -0.15) is 13.9 Å². The predicted molar refractivity (Wildman–Crippen MR) is 95.0 cm³/mol. The van der Waals surface area contributed by atoms with Crippen molar-refractivity contribution in [1.29, 1.82) is 0 Å². The van der Waals surface area contributed by atoms with Crippen molar-refractivity contribution in [2.24, 2.45) is 0 Å². The molecule has 1 aromatic carbocycles. The Kier molecular flexibility index (Phi) is 5.52. The molecule has 0 radical (unpaired) electrons. The van der Waals surface area contributed by atoms with Crippen LogP contribution in [-0.4, -0.2) is 32.4 Å². The fraction of sp³-hybridized carbons (Fsp3) is 0.235. The lowest BCUT2D eigenvalue weighted by molar-refractivity contribution is -0.385. The van der Waals surface area contributed by atoms with Gasteiger partial charge >= 0.3 is 12.3 Å². The number of benzene rings is 1. The number of nitrogens with zero attached hydrogens (tertiary/aromatic N) is 4. The van der Waals surface area contributed by atoms with Crippen molar-refractivity contribution in [3.8, 4) is 5.75 Å². The van der Waals surface area contributed by atoms with Crippen LogP contribution in [-0.2, 0) is 6.54 Å². The highest BCUT2D eigenvalue weighted by atomic mass is 19.3. The second-order valence-electron chi connectivity index (χ2n) is 6.05. The molecule has 29 heavy (non-hydrogen) atoms. The van der Waals surface area contributed by atoms with E-state index in [0.29, 0.717) is 16.9 Å². The van der Waals surface area contributed by atoms with E-state index in [-0.39, 0.29) is 29.4 Å². The van der Waals surface area contributed by atoms with E-state index in [2.05, 4.69) is 20.3 Å². The summed E-state index contributed by atoms with van der Waals surface area (Å²) in [5, 5.41) is 20.8. The van der Waals surface area contributed by atoms with Gasteiger partial charge in [0.1, 0.15) is 23.9 Å². The number of halogens is 2. The molecule has 0 atom stereocenters. The molecule has 0 spiro atoms. The summed E-state index contributed by atoms with van der Waals surface area (Å²) in [7, 11) is 0. The van der Waals surface area contributed by atoms with Crippen LogP contribution < -0.4 is 10.1 Å². The molecule has 0 bridgehead atoms. The van der Waals surface area contributed by atoms with Crippen LogP contribution in [0, 0.1) is 24.0 Å². The first-order valence-electron chi connectivity index (χ1n) is 8.23. The van der Waals surface area contributed by atoms with E-state index in [0.717, 1.165) is 6.20 Å². The molecule has 0 saturated heterocycles. The Labute approximate surface area is 162 Å². The van der Waals surface area contributed by atoms with Crippen LogP contribution in [0.3, 0.4) is 0 Å². The number of hydrogen-bond donors (Lipinski definition) is 1. The maximum Gasteiger partial charge on any atom is 0.387 e. The molecule has 0 aliphatic carbocycles. The lowest BCUT2D eigenvalue weighted by Crippen LogP contribution is -2.17. The van der Waals surface area contributed by atoms with E-state index in [1.807, 2.05) is 0 Å². The molecule has 0 fully saturated rings. The lowest BCUT2D eigenvalue weighted by atomic mass is 10.1. The molecule has 0 unspecified atom stereocenters. The van der Waals surface area contributed by atoms with Gasteiger partial charge in [0.15, 0.2) is 5.69 Å². The molecule has 2 heterocycles. The standard InChI is InChI=1S/C17H15F2N5O5/c1-9-3-4-14(28-17(18)19)13(5-9)21-16(25)15-12(10(2)29-22-15)8-23-7-11(6-20-23)24(26)27/h3-7,17H,8H2,1-2H3,(H,21,25). The van der Waals surface area contributed by atoms with E-state index in [4.69, 9.17) is 4.52 Å². The summed E-state index contributed by atoms with van der Waals surface area (Å²) in [6.07, 6.45) is 2.27. The summed E-state index contributed by atoms with van der Waals surface area (Å²) in [4.78, 5) is 22.9. The largest absolute Gasteiger partial charge is 0.433 e. The second kappa shape index (κ2) is 8.04. The van der Waals surface area contributed by atoms with E-state index < -0.39 is 17.4 Å². The molecule has 152 valence electrons. The summed E-state index contributed by atoms with van der Waals surface area (Å²) in [6.45, 7) is 0.210. The van der Waals surface area contributed by atoms with Crippen LogP contribution in [0.1, 0.15) is 27.4 Å². The molecule has 0 aliphatic rings. The van der Waals surface area contributed by atoms with Gasteiger partial charge in [-0.3, -0.25) is 19.6 Å². The molecule has 1 amide bonds. The summed E-state index contributed by atoms with van der Waals surface area (Å²) in [6, 6.07) is 4.34. The van der Waals surface area contributed by atoms with Crippen molar-refractivity contribution >= 4 is 17.3 Å². The third-order valence-electron chi connectivity index (χ3n) is 3.95. The van der Waals surface area contributed by atoms with Crippen molar-refractivity contribution in [1.82, 2.24) is 14.9 Å². The molecule has 0 saturated carbocycles. The Morgan fingerprint density at radius 3 is 2.83 bits per heavy atom. The van der Waals surface area contributed by atoms with Gasteiger partial charge in [0.05, 0.1) is 17.2 Å². The Morgan fingerprint density at radius 2 is 2.17 bits per heavy atom. The molecule has 12 heteroatoms. The van der Waals surface area contributed by atoms with E-state index in [1.165, 1.54) is 23.0 Å². The van der Waals surface area contributed by atoms with Crippen LogP contribution in [0.5, 0.6) is 5.75 Å². The maximum absolute atomic E-state index is 12.7. The van der Waals surface area contributed by atoms with Gasteiger partial charge in [0, 0.05) is 5.56 Å². The Hall–Kier alpha value is -3.83. The van der Waals surface area contributed by atoms with E-state index in [9.17, 15) is 23.7 Å². The molecular formula is C17H15F2N5O5. The second-order valence-corrected chi connectivity index (χ2v) is 6.05. The van der Waals surface area contributed by atoms with Crippen molar-refractivity contribution in [2.45, 2.75) is 27.0 Å². The predicted octanol–water partition coefficient (Wildman–Crippen LogP) is 3.30. The average Bonchev–Trinajstić information content (AvgIpc) is 3.25. The number of amides is 1. The van der Waals surface area contributed by atoms with Crippen molar-refractivity contribution in [3.05, 3.63) is 63.3 Å². The summed E-state index contributed by atoms with van der Waals surface area (Å²) in [5.41, 5.74) is 0.771. The number of anilines is 1. The van der Waals surface area contributed by atoms with Crippen molar-refractivity contribution < 1.29 is 27.8 Å². The maximum atomic E-state index is 12.7. The third kappa shape index (κ3) is 4.54. The van der Waals surface area contributed by atoms with Gasteiger partial charge in [-0.05, 0) is 31.5 Å². The first-order valence-corrected chi connectivity index (χ1v) is 8.23. The Balaban J connectivity index is 1.86. The molecule has 0 aliphatic heterocycles. The van der Waals surface area contributed by atoms with Gasteiger partial charge in [0.25, 0.3) is 5.91 Å².